The van der Waals surface area contributed by atoms with Crippen molar-refractivity contribution >= 4 is 0 Å². The summed E-state index contributed by atoms with van der Waals surface area (Å²) in [5.41, 5.74) is 0.479. The van der Waals surface area contributed by atoms with Crippen LogP contribution in [0.4, 0.5) is 8.78 Å². The molecule has 0 heterocycles. The van der Waals surface area contributed by atoms with Crippen molar-refractivity contribution < 1.29 is 8.78 Å². The third kappa shape index (κ3) is 2.65. The van der Waals surface area contributed by atoms with Crippen LogP contribution in [0.5, 0.6) is 0 Å². The summed E-state index contributed by atoms with van der Waals surface area (Å²) in [5.74, 6) is -0.690. The van der Waals surface area contributed by atoms with Crippen molar-refractivity contribution in [1.82, 2.24) is 10.2 Å². The molecular formula is C15H22F2N2. The largest absolute Gasteiger partial charge is 0.319 e. The molecule has 1 atom stereocenters. The molecule has 1 aliphatic rings. The van der Waals surface area contributed by atoms with Crippen LogP contribution in [0.1, 0.15) is 30.9 Å². The topological polar surface area (TPSA) is 15.3 Å². The van der Waals surface area contributed by atoms with Gasteiger partial charge in [-0.1, -0.05) is 6.42 Å². The van der Waals surface area contributed by atoms with Gasteiger partial charge in [-0.2, -0.15) is 0 Å². The first kappa shape index (κ1) is 14.4. The van der Waals surface area contributed by atoms with E-state index in [2.05, 4.69) is 5.32 Å². The molecule has 19 heavy (non-hydrogen) atoms. The molecule has 2 nitrogen and oxygen atoms in total. The van der Waals surface area contributed by atoms with E-state index in [1.165, 1.54) is 18.2 Å². The molecule has 4 heteroatoms. The molecule has 1 unspecified atom stereocenters. The molecule has 0 bridgehead atoms. The van der Waals surface area contributed by atoms with Crippen molar-refractivity contribution in [3.05, 3.63) is 35.4 Å². The molecule has 0 saturated heterocycles. The highest BCUT2D eigenvalue weighted by Crippen LogP contribution is 2.52. The molecule has 1 aromatic carbocycles. The van der Waals surface area contributed by atoms with E-state index >= 15 is 0 Å². The maximum atomic E-state index is 14.1. The van der Waals surface area contributed by atoms with E-state index < -0.39 is 0 Å². The minimum atomic E-state index is -0.373. The first-order valence-electron chi connectivity index (χ1n) is 6.76. The maximum Gasteiger partial charge on any atom is 0.128 e. The van der Waals surface area contributed by atoms with Crippen molar-refractivity contribution in [3.8, 4) is 0 Å². The van der Waals surface area contributed by atoms with Gasteiger partial charge in [-0.15, -0.1) is 0 Å². The van der Waals surface area contributed by atoms with Crippen LogP contribution in [-0.2, 0) is 0 Å². The first-order chi connectivity index (χ1) is 9.00. The average molecular weight is 268 g/mol. The second-order valence-electron chi connectivity index (χ2n) is 5.78. The van der Waals surface area contributed by atoms with Gasteiger partial charge in [-0.3, -0.25) is 0 Å². The molecule has 1 fully saturated rings. The van der Waals surface area contributed by atoms with Crippen molar-refractivity contribution in [2.75, 3.05) is 27.7 Å². The number of halogens is 2. The van der Waals surface area contributed by atoms with Crippen LogP contribution in [0.25, 0.3) is 0 Å². The van der Waals surface area contributed by atoms with Gasteiger partial charge in [0.05, 0.1) is 0 Å². The fourth-order valence-electron chi connectivity index (χ4n) is 3.41. The Bertz CT molecular complexity index is 442. The molecular weight excluding hydrogens is 246 g/mol. The van der Waals surface area contributed by atoms with Gasteiger partial charge < -0.3 is 10.2 Å². The van der Waals surface area contributed by atoms with Crippen LogP contribution < -0.4 is 5.32 Å². The van der Waals surface area contributed by atoms with Gasteiger partial charge in [0.25, 0.3) is 0 Å². The van der Waals surface area contributed by atoms with Crippen LogP contribution in [0.3, 0.4) is 0 Å². The summed E-state index contributed by atoms with van der Waals surface area (Å²) in [5, 5.41) is 3.21. The van der Waals surface area contributed by atoms with E-state index in [4.69, 9.17) is 0 Å². The number of rotatable bonds is 5. The number of hydrogen-bond acceptors (Lipinski definition) is 2. The van der Waals surface area contributed by atoms with E-state index in [1.54, 1.807) is 0 Å². The van der Waals surface area contributed by atoms with Crippen molar-refractivity contribution in [2.45, 2.75) is 25.3 Å². The predicted octanol–water partition coefficient (Wildman–Crippen LogP) is 2.96. The zero-order chi connectivity index (χ0) is 14.0. The number of nitrogens with zero attached hydrogens (tertiary/aromatic N) is 1. The fourth-order valence-corrected chi connectivity index (χ4v) is 3.41. The zero-order valence-corrected chi connectivity index (χ0v) is 11.8. The minimum Gasteiger partial charge on any atom is -0.319 e. The van der Waals surface area contributed by atoms with Crippen LogP contribution in [0.15, 0.2) is 18.2 Å². The Balaban J connectivity index is 2.42. The highest BCUT2D eigenvalue weighted by atomic mass is 19.1. The summed E-state index contributed by atoms with van der Waals surface area (Å²) in [6.07, 6.45) is 3.25. The van der Waals surface area contributed by atoms with Gasteiger partial charge in [0.15, 0.2) is 0 Å². The van der Waals surface area contributed by atoms with Crippen LogP contribution >= 0.6 is 0 Å². The Morgan fingerprint density at radius 3 is 2.47 bits per heavy atom. The standard InChI is InChI=1S/C15H22F2N2/c1-18-10-15(7-4-8-15)14(19(2)3)12-9-11(16)5-6-13(12)17/h5-6,9,14,18H,4,7-8,10H2,1-3H3. The van der Waals surface area contributed by atoms with Crippen LogP contribution in [0.2, 0.25) is 0 Å². The molecule has 0 amide bonds. The molecule has 0 spiro atoms. The molecule has 1 saturated carbocycles. The SMILES string of the molecule is CNCC1(C(c2cc(F)ccc2F)N(C)C)CCC1. The summed E-state index contributed by atoms with van der Waals surface area (Å²) in [7, 11) is 5.78. The fraction of sp³-hybridized carbons (Fsp3) is 0.600. The second-order valence-corrected chi connectivity index (χ2v) is 5.78. The van der Waals surface area contributed by atoms with Crippen LogP contribution in [-0.4, -0.2) is 32.6 Å². The van der Waals surface area contributed by atoms with Gasteiger partial charge >= 0.3 is 0 Å². The molecule has 106 valence electrons. The lowest BCUT2D eigenvalue weighted by atomic mass is 9.62. The lowest BCUT2D eigenvalue weighted by Gasteiger charge is -2.50. The Kier molecular flexibility index (Phi) is 4.21. The third-order valence-electron chi connectivity index (χ3n) is 4.23. The Hall–Kier alpha value is -1.00. The van der Waals surface area contributed by atoms with Gasteiger partial charge in [0.1, 0.15) is 11.6 Å². The summed E-state index contributed by atoms with van der Waals surface area (Å²) in [4.78, 5) is 2.01. The normalized spacial score (nSPS) is 19.3. The lowest BCUT2D eigenvalue weighted by molar-refractivity contribution is 0.0195. The highest BCUT2D eigenvalue weighted by molar-refractivity contribution is 5.26. The second kappa shape index (κ2) is 5.55. The number of benzene rings is 1. The predicted molar refractivity (Wildman–Crippen MR) is 73.0 cm³/mol. The van der Waals surface area contributed by atoms with Crippen molar-refractivity contribution in [2.24, 2.45) is 5.41 Å². The molecule has 0 aliphatic heterocycles. The van der Waals surface area contributed by atoms with Crippen molar-refractivity contribution in [3.63, 3.8) is 0 Å². The first-order valence-corrected chi connectivity index (χ1v) is 6.76. The van der Waals surface area contributed by atoms with Gasteiger partial charge in [-0.05, 0) is 52.2 Å². The van der Waals surface area contributed by atoms with Gasteiger partial charge in [0.2, 0.25) is 0 Å². The Morgan fingerprint density at radius 2 is 2.00 bits per heavy atom. The Labute approximate surface area is 113 Å². The molecule has 2 rings (SSSR count). The summed E-state index contributed by atoms with van der Waals surface area (Å²) in [6, 6.07) is 3.66. The molecule has 1 N–H and O–H groups in total. The smallest absolute Gasteiger partial charge is 0.128 e. The summed E-state index contributed by atoms with van der Waals surface area (Å²) < 4.78 is 27.6. The van der Waals surface area contributed by atoms with Crippen LogP contribution in [0, 0.1) is 17.0 Å². The molecule has 1 aliphatic carbocycles. The van der Waals surface area contributed by atoms with E-state index in [0.29, 0.717) is 5.56 Å². The van der Waals surface area contributed by atoms with Crippen molar-refractivity contribution in [1.29, 1.82) is 0 Å². The van der Waals surface area contributed by atoms with Gasteiger partial charge in [0, 0.05) is 23.6 Å². The average Bonchev–Trinajstić information content (AvgIpc) is 2.30. The number of hydrogen-bond donors (Lipinski definition) is 1. The summed E-state index contributed by atoms with van der Waals surface area (Å²) >= 11 is 0. The van der Waals surface area contributed by atoms with Gasteiger partial charge in [-0.25, -0.2) is 8.78 Å². The minimum absolute atomic E-state index is 0.00683. The third-order valence-corrected chi connectivity index (χ3v) is 4.23. The highest BCUT2D eigenvalue weighted by Gasteiger charge is 2.46. The van der Waals surface area contributed by atoms with E-state index in [1.807, 2.05) is 26.0 Å². The van der Waals surface area contributed by atoms with E-state index in [0.717, 1.165) is 25.8 Å². The lowest BCUT2D eigenvalue weighted by Crippen LogP contribution is -2.48. The summed E-state index contributed by atoms with van der Waals surface area (Å²) in [6.45, 7) is 0.825. The molecule has 0 aromatic heterocycles. The molecule has 1 aromatic rings. The Morgan fingerprint density at radius 1 is 1.32 bits per heavy atom. The maximum absolute atomic E-state index is 14.1. The molecule has 0 radical (unpaired) electrons. The zero-order valence-electron chi connectivity index (χ0n) is 11.8. The van der Waals surface area contributed by atoms with E-state index in [9.17, 15) is 8.78 Å². The quantitative estimate of drug-likeness (QED) is 0.883. The van der Waals surface area contributed by atoms with E-state index in [-0.39, 0.29) is 23.1 Å². The monoisotopic (exact) mass is 268 g/mol. The number of nitrogens with one attached hydrogen (secondary N) is 1.